The summed E-state index contributed by atoms with van der Waals surface area (Å²) in [5.74, 6) is 1.03. The fourth-order valence-corrected chi connectivity index (χ4v) is 4.32. The second kappa shape index (κ2) is 8.06. The minimum absolute atomic E-state index is 0. The van der Waals surface area contributed by atoms with Crippen LogP contribution in [0.4, 0.5) is 5.69 Å². The molecule has 0 spiro atoms. The van der Waals surface area contributed by atoms with Crippen LogP contribution < -0.4 is 20.1 Å². The van der Waals surface area contributed by atoms with Gasteiger partial charge in [-0.25, -0.2) is 0 Å². The first-order valence-corrected chi connectivity index (χ1v) is 11.5. The number of aliphatic hydroxyl groups is 1. The van der Waals surface area contributed by atoms with Crippen LogP contribution in [0.25, 0.3) is 10.9 Å². The van der Waals surface area contributed by atoms with E-state index in [0.717, 1.165) is 29.3 Å². The quantitative estimate of drug-likeness (QED) is 0.417. The second-order valence-electron chi connectivity index (χ2n) is 10.2. The van der Waals surface area contributed by atoms with Crippen LogP contribution in [0.2, 0.25) is 0 Å². The third-order valence-electron chi connectivity index (χ3n) is 6.77. The molecule has 2 aliphatic rings. The molecule has 0 radical (unpaired) electrons. The summed E-state index contributed by atoms with van der Waals surface area (Å²) in [5.41, 5.74) is 1.94. The smallest absolute Gasteiger partial charge is 0.268 e. The van der Waals surface area contributed by atoms with E-state index in [4.69, 9.17) is 9.47 Å². The fraction of sp³-hybridized carbons (Fsp3) is 0.385. The number of aliphatic hydroxyl groups excluding tert-OH is 1. The molecule has 3 aromatic rings. The number of hydrogen-bond donors (Lipinski definition) is 4. The minimum atomic E-state index is -0.564. The molecule has 1 fully saturated rings. The summed E-state index contributed by atoms with van der Waals surface area (Å²) in [6.45, 7) is 5.95. The molecule has 2 aromatic carbocycles. The van der Waals surface area contributed by atoms with Gasteiger partial charge in [0.15, 0.2) is 11.5 Å². The van der Waals surface area contributed by atoms with Crippen LogP contribution in [-0.2, 0) is 10.2 Å². The molecule has 0 unspecified atom stereocenters. The van der Waals surface area contributed by atoms with Crippen LogP contribution in [-0.4, -0.2) is 41.3 Å². The van der Waals surface area contributed by atoms with Crippen molar-refractivity contribution in [2.45, 2.75) is 45.1 Å². The number of hydrogen-bond acceptors (Lipinski definition) is 5. The first-order valence-electron chi connectivity index (χ1n) is 11.5. The predicted octanol–water partition coefficient (Wildman–Crippen LogP) is 4.69. The Morgan fingerprint density at radius 3 is 2.59 bits per heavy atom. The highest BCUT2D eigenvalue weighted by molar-refractivity contribution is 6.03. The van der Waals surface area contributed by atoms with E-state index >= 15 is 0 Å². The maximum atomic E-state index is 13.2. The van der Waals surface area contributed by atoms with E-state index in [1.807, 2.05) is 57.2 Å². The van der Waals surface area contributed by atoms with Gasteiger partial charge in [-0.3, -0.25) is 9.59 Å². The van der Waals surface area contributed by atoms with Crippen molar-refractivity contribution in [3.05, 3.63) is 53.7 Å². The molecule has 5 rings (SSSR count). The average Bonchev–Trinajstić information content (AvgIpc) is 3.29. The lowest BCUT2D eigenvalue weighted by Crippen LogP contribution is -2.46. The molecule has 2 heterocycles. The Bertz CT molecular complexity index is 1290. The molecule has 34 heavy (non-hydrogen) atoms. The lowest BCUT2D eigenvalue weighted by atomic mass is 9.87. The number of ether oxygens (including phenoxy) is 2. The van der Waals surface area contributed by atoms with Gasteiger partial charge in [-0.2, -0.15) is 0 Å². The third-order valence-corrected chi connectivity index (χ3v) is 6.77. The van der Waals surface area contributed by atoms with Gasteiger partial charge < -0.3 is 30.2 Å². The Kier molecular flexibility index (Phi) is 5.28. The van der Waals surface area contributed by atoms with Crippen LogP contribution >= 0.6 is 0 Å². The van der Waals surface area contributed by atoms with E-state index in [0.29, 0.717) is 22.9 Å². The van der Waals surface area contributed by atoms with Gasteiger partial charge in [0, 0.05) is 22.3 Å². The van der Waals surface area contributed by atoms with E-state index in [-0.39, 0.29) is 42.4 Å². The summed E-state index contributed by atoms with van der Waals surface area (Å²) < 4.78 is 10.9. The number of nitrogens with one attached hydrogen (secondary N) is 3. The zero-order chi connectivity index (χ0) is 24.1. The van der Waals surface area contributed by atoms with Gasteiger partial charge >= 0.3 is 0 Å². The summed E-state index contributed by atoms with van der Waals surface area (Å²) in [7, 11) is 0. The van der Waals surface area contributed by atoms with Gasteiger partial charge in [-0.1, -0.05) is 26.8 Å². The number of carbonyl (C=O) groups excluding carboxylic acids is 2. The van der Waals surface area contributed by atoms with Gasteiger partial charge in [0.1, 0.15) is 5.69 Å². The summed E-state index contributed by atoms with van der Waals surface area (Å²) in [4.78, 5) is 29.1. The highest BCUT2D eigenvalue weighted by atomic mass is 16.7. The lowest BCUT2D eigenvalue weighted by Gasteiger charge is -2.29. The summed E-state index contributed by atoms with van der Waals surface area (Å²) in [6.07, 6.45) is 1.55. The van der Waals surface area contributed by atoms with Gasteiger partial charge in [0.25, 0.3) is 5.91 Å². The first kappa shape index (κ1) is 22.3. The van der Waals surface area contributed by atoms with Crippen LogP contribution in [0.15, 0.2) is 42.5 Å². The number of aromatic amines is 1. The molecule has 1 aliphatic carbocycles. The van der Waals surface area contributed by atoms with Crippen molar-refractivity contribution < 1.29 is 29.9 Å². The largest absolute Gasteiger partial charge is 0.454 e. The molecule has 1 atom stereocenters. The highest BCUT2D eigenvalue weighted by Gasteiger charge is 2.51. The Morgan fingerprint density at radius 2 is 1.88 bits per heavy atom. The summed E-state index contributed by atoms with van der Waals surface area (Å²) in [5, 5.41) is 16.4. The van der Waals surface area contributed by atoms with E-state index in [2.05, 4.69) is 15.6 Å². The Labute approximate surface area is 203 Å². The van der Waals surface area contributed by atoms with Crippen molar-refractivity contribution in [2.75, 3.05) is 18.7 Å². The molecule has 0 saturated heterocycles. The van der Waals surface area contributed by atoms with Crippen LogP contribution in [0.1, 0.15) is 55.4 Å². The summed E-state index contributed by atoms with van der Waals surface area (Å²) in [6, 6.07) is 12.6. The van der Waals surface area contributed by atoms with Crippen LogP contribution in [0.3, 0.4) is 0 Å². The Morgan fingerprint density at radius 1 is 1.12 bits per heavy atom. The second-order valence-corrected chi connectivity index (χ2v) is 10.2. The minimum Gasteiger partial charge on any atom is -0.454 e. The number of rotatable bonds is 6. The lowest BCUT2D eigenvalue weighted by molar-refractivity contribution is -0.118. The van der Waals surface area contributed by atoms with Gasteiger partial charge in [0.2, 0.25) is 12.7 Å². The molecule has 4 N–H and O–H groups in total. The van der Waals surface area contributed by atoms with E-state index in [9.17, 15) is 14.7 Å². The molecular formula is C26H37N3O5. The standard InChI is InChI=1S/C26H29N3O5.4H2/c1-25(2,3)22(13-30)29-23(31)19-11-15-10-17(5-6-18(15)28-19)27-24(32)26(8-9-26)16-4-7-20-21(12-16)34-14-33-20;;;;/h4-7,10-12,22,28,30H,8-9,13-14H2,1-3H3,(H,27,32)(H,29,31);4*1H/t22-;;;;/m1..../s1. The van der Waals surface area contributed by atoms with Crippen LogP contribution in [0, 0.1) is 5.41 Å². The third kappa shape index (κ3) is 3.98. The number of carbonyl (C=O) groups is 2. The molecule has 8 nitrogen and oxygen atoms in total. The molecule has 1 saturated carbocycles. The normalized spacial score (nSPS) is 16.8. The van der Waals surface area contributed by atoms with E-state index < -0.39 is 5.41 Å². The topological polar surface area (TPSA) is 113 Å². The monoisotopic (exact) mass is 471 g/mol. The Hall–Kier alpha value is -3.52. The van der Waals surface area contributed by atoms with Crippen molar-refractivity contribution in [3.8, 4) is 11.5 Å². The number of aromatic nitrogens is 1. The molecule has 0 bridgehead atoms. The van der Waals surface area contributed by atoms with Crippen molar-refractivity contribution in [2.24, 2.45) is 5.41 Å². The number of benzene rings is 2. The van der Waals surface area contributed by atoms with Gasteiger partial charge in [-0.05, 0) is 60.2 Å². The van der Waals surface area contributed by atoms with Gasteiger partial charge in [-0.15, -0.1) is 0 Å². The number of H-pyrrole nitrogens is 1. The number of fused-ring (bicyclic) bond motifs is 2. The molecular weight excluding hydrogens is 434 g/mol. The molecule has 1 aliphatic heterocycles. The SMILES string of the molecule is CC(C)(C)[C@@H](CO)NC(=O)c1cc2cc(NC(=O)C3(c4ccc5c(c4)OCO5)CC3)ccc2[nH]1.[HH].[HH].[HH].[HH]. The Balaban J connectivity index is 0.00000180. The van der Waals surface area contributed by atoms with Crippen LogP contribution in [0.5, 0.6) is 11.5 Å². The predicted molar refractivity (Wildman–Crippen MR) is 137 cm³/mol. The van der Waals surface area contributed by atoms with Crippen molar-refractivity contribution in [1.29, 1.82) is 0 Å². The first-order chi connectivity index (χ1) is 16.2. The number of anilines is 1. The molecule has 186 valence electrons. The highest BCUT2D eigenvalue weighted by Crippen LogP contribution is 2.51. The van der Waals surface area contributed by atoms with Crippen molar-refractivity contribution >= 4 is 28.4 Å². The average molecular weight is 472 g/mol. The zero-order valence-corrected chi connectivity index (χ0v) is 19.5. The van der Waals surface area contributed by atoms with Crippen molar-refractivity contribution in [1.82, 2.24) is 10.3 Å². The number of amides is 2. The maximum absolute atomic E-state index is 13.2. The fourth-order valence-electron chi connectivity index (χ4n) is 4.32. The summed E-state index contributed by atoms with van der Waals surface area (Å²) >= 11 is 0. The zero-order valence-electron chi connectivity index (χ0n) is 19.5. The molecule has 8 heteroatoms. The van der Waals surface area contributed by atoms with Gasteiger partial charge in [0.05, 0.1) is 18.1 Å². The van der Waals surface area contributed by atoms with E-state index in [1.165, 1.54) is 0 Å². The molecule has 2 amide bonds. The van der Waals surface area contributed by atoms with Crippen molar-refractivity contribution in [3.63, 3.8) is 0 Å². The molecule has 1 aromatic heterocycles. The van der Waals surface area contributed by atoms with E-state index in [1.54, 1.807) is 6.07 Å². The maximum Gasteiger partial charge on any atom is 0.268 e.